The lowest BCUT2D eigenvalue weighted by atomic mass is 9.97. The lowest BCUT2D eigenvalue weighted by Crippen LogP contribution is -2.45. The Bertz CT molecular complexity index is 932. The van der Waals surface area contributed by atoms with E-state index in [1.54, 1.807) is 29.2 Å². The molecule has 0 aromatic heterocycles. The molecule has 6 nitrogen and oxygen atoms in total. The highest BCUT2D eigenvalue weighted by atomic mass is 16.5. The van der Waals surface area contributed by atoms with Gasteiger partial charge in [0, 0.05) is 18.8 Å². The first kappa shape index (κ1) is 18.2. The van der Waals surface area contributed by atoms with Crippen LogP contribution in [-0.2, 0) is 27.3 Å². The molecule has 0 unspecified atom stereocenters. The molecule has 1 fully saturated rings. The van der Waals surface area contributed by atoms with E-state index in [9.17, 15) is 14.4 Å². The highest BCUT2D eigenvalue weighted by Crippen LogP contribution is 2.48. The Morgan fingerprint density at radius 1 is 1.00 bits per heavy atom. The second kappa shape index (κ2) is 7.11. The van der Waals surface area contributed by atoms with Crippen LogP contribution in [0.2, 0.25) is 0 Å². The molecule has 144 valence electrons. The minimum absolute atomic E-state index is 0.0920. The molecule has 2 amide bonds. The molecule has 2 aromatic rings. The lowest BCUT2D eigenvalue weighted by Gasteiger charge is -2.31. The van der Waals surface area contributed by atoms with Gasteiger partial charge in [0.2, 0.25) is 11.8 Å². The quantitative estimate of drug-likeness (QED) is 0.656. The maximum atomic E-state index is 13.1. The number of carbonyl (C=O) groups excluding carboxylic acids is 3. The van der Waals surface area contributed by atoms with Gasteiger partial charge in [-0.25, -0.2) is 4.79 Å². The number of amides is 2. The van der Waals surface area contributed by atoms with E-state index in [1.807, 2.05) is 18.2 Å². The number of carbonyl (C=O) groups is 3. The predicted octanol–water partition coefficient (Wildman–Crippen LogP) is 2.78. The van der Waals surface area contributed by atoms with Crippen molar-refractivity contribution in [1.29, 1.82) is 0 Å². The summed E-state index contributed by atoms with van der Waals surface area (Å²) in [6.07, 6.45) is 1.95. The van der Waals surface area contributed by atoms with Crippen LogP contribution in [0.25, 0.3) is 0 Å². The molecule has 1 saturated carbocycles. The molecule has 1 aliphatic carbocycles. The molecule has 4 rings (SSSR count). The minimum atomic E-state index is -0.965. The second-order valence-corrected chi connectivity index (χ2v) is 7.35. The molecule has 2 aromatic carbocycles. The van der Waals surface area contributed by atoms with Crippen molar-refractivity contribution in [3.63, 3.8) is 0 Å². The summed E-state index contributed by atoms with van der Waals surface area (Å²) in [5.41, 5.74) is 2.42. The van der Waals surface area contributed by atoms with E-state index >= 15 is 0 Å². The molecule has 28 heavy (non-hydrogen) atoms. The van der Waals surface area contributed by atoms with Crippen molar-refractivity contribution in [2.24, 2.45) is 5.41 Å². The Balaban J connectivity index is 1.44. The van der Waals surface area contributed by atoms with Gasteiger partial charge in [0.1, 0.15) is 5.41 Å². The summed E-state index contributed by atoms with van der Waals surface area (Å²) in [5.74, 6) is -0.801. The average Bonchev–Trinajstić information content (AvgIpc) is 3.55. The van der Waals surface area contributed by atoms with Crippen molar-refractivity contribution < 1.29 is 19.1 Å². The van der Waals surface area contributed by atoms with Gasteiger partial charge in [-0.2, -0.15) is 0 Å². The molecule has 0 bridgehead atoms. The molecular formula is C22H22N2O4. The van der Waals surface area contributed by atoms with Gasteiger partial charge in [-0.1, -0.05) is 24.3 Å². The van der Waals surface area contributed by atoms with Crippen LogP contribution in [0.1, 0.15) is 34.3 Å². The standard InChI is InChI=1S/C22H22N2O4/c1-28-19(25)16-6-8-18(9-7-16)23-20(26)22(11-12-22)21(27)24-13-10-15-4-2-3-5-17(15)14-24/h2-9H,10-14H2,1H3,(H,23,26). The van der Waals surface area contributed by atoms with Gasteiger partial charge >= 0.3 is 5.97 Å². The first-order chi connectivity index (χ1) is 13.5. The van der Waals surface area contributed by atoms with E-state index < -0.39 is 11.4 Å². The summed E-state index contributed by atoms with van der Waals surface area (Å²) >= 11 is 0. The van der Waals surface area contributed by atoms with Crippen molar-refractivity contribution >= 4 is 23.5 Å². The fourth-order valence-corrected chi connectivity index (χ4v) is 3.69. The first-order valence-corrected chi connectivity index (χ1v) is 9.39. The number of fused-ring (bicyclic) bond motifs is 1. The minimum Gasteiger partial charge on any atom is -0.465 e. The smallest absolute Gasteiger partial charge is 0.337 e. The van der Waals surface area contributed by atoms with E-state index in [0.29, 0.717) is 37.2 Å². The van der Waals surface area contributed by atoms with Crippen LogP contribution in [0.4, 0.5) is 5.69 Å². The summed E-state index contributed by atoms with van der Waals surface area (Å²) in [6.45, 7) is 1.19. The monoisotopic (exact) mass is 378 g/mol. The number of rotatable bonds is 4. The van der Waals surface area contributed by atoms with E-state index in [-0.39, 0.29) is 11.8 Å². The molecule has 1 heterocycles. The Labute approximate surface area is 163 Å². The third-order valence-corrected chi connectivity index (χ3v) is 5.58. The maximum absolute atomic E-state index is 13.1. The number of esters is 1. The van der Waals surface area contributed by atoms with Crippen molar-refractivity contribution in [3.8, 4) is 0 Å². The van der Waals surface area contributed by atoms with Gasteiger partial charge in [0.25, 0.3) is 0 Å². The van der Waals surface area contributed by atoms with Gasteiger partial charge in [-0.05, 0) is 54.7 Å². The molecule has 0 spiro atoms. The number of hydrogen-bond acceptors (Lipinski definition) is 4. The van der Waals surface area contributed by atoms with Gasteiger partial charge in [-0.15, -0.1) is 0 Å². The molecule has 2 aliphatic rings. The normalized spacial score (nSPS) is 16.7. The molecule has 0 atom stereocenters. The molecule has 0 saturated heterocycles. The number of ether oxygens (including phenoxy) is 1. The van der Waals surface area contributed by atoms with E-state index in [0.717, 1.165) is 12.0 Å². The van der Waals surface area contributed by atoms with Crippen molar-refractivity contribution in [2.75, 3.05) is 19.0 Å². The van der Waals surface area contributed by atoms with Crippen molar-refractivity contribution in [2.45, 2.75) is 25.8 Å². The first-order valence-electron chi connectivity index (χ1n) is 9.39. The average molecular weight is 378 g/mol. The number of benzene rings is 2. The fourth-order valence-electron chi connectivity index (χ4n) is 3.69. The zero-order valence-electron chi connectivity index (χ0n) is 15.7. The highest BCUT2D eigenvalue weighted by Gasteiger charge is 2.58. The summed E-state index contributed by atoms with van der Waals surface area (Å²) in [7, 11) is 1.32. The Kier molecular flexibility index (Phi) is 4.63. The second-order valence-electron chi connectivity index (χ2n) is 7.35. The summed E-state index contributed by atoms with van der Waals surface area (Å²) in [5, 5.41) is 2.83. The van der Waals surface area contributed by atoms with Crippen molar-refractivity contribution in [1.82, 2.24) is 4.90 Å². The van der Waals surface area contributed by atoms with Crippen LogP contribution in [0, 0.1) is 5.41 Å². The third kappa shape index (κ3) is 3.26. The summed E-state index contributed by atoms with van der Waals surface area (Å²) in [4.78, 5) is 39.3. The summed E-state index contributed by atoms with van der Waals surface area (Å²) < 4.78 is 4.67. The van der Waals surface area contributed by atoms with E-state index in [2.05, 4.69) is 16.1 Å². The lowest BCUT2D eigenvalue weighted by molar-refractivity contribution is -0.143. The molecule has 6 heteroatoms. The van der Waals surface area contributed by atoms with Crippen LogP contribution >= 0.6 is 0 Å². The molecule has 1 aliphatic heterocycles. The predicted molar refractivity (Wildman–Crippen MR) is 104 cm³/mol. The Morgan fingerprint density at radius 2 is 1.68 bits per heavy atom. The fraction of sp³-hybridized carbons (Fsp3) is 0.318. The SMILES string of the molecule is COC(=O)c1ccc(NC(=O)C2(C(=O)N3CCc4ccccc4C3)CC2)cc1. The number of methoxy groups -OCH3 is 1. The molecular weight excluding hydrogens is 356 g/mol. The molecule has 0 radical (unpaired) electrons. The number of nitrogens with one attached hydrogen (secondary N) is 1. The highest BCUT2D eigenvalue weighted by molar-refractivity contribution is 6.13. The summed E-state index contributed by atoms with van der Waals surface area (Å²) in [6, 6.07) is 14.6. The zero-order chi connectivity index (χ0) is 19.7. The van der Waals surface area contributed by atoms with Gasteiger partial charge in [0.15, 0.2) is 0 Å². The topological polar surface area (TPSA) is 75.7 Å². The van der Waals surface area contributed by atoms with Crippen molar-refractivity contribution in [3.05, 3.63) is 65.2 Å². The van der Waals surface area contributed by atoms with E-state index in [1.165, 1.54) is 12.7 Å². The van der Waals surface area contributed by atoms with Gasteiger partial charge < -0.3 is 15.0 Å². The number of hydrogen-bond donors (Lipinski definition) is 1. The Morgan fingerprint density at radius 3 is 2.32 bits per heavy atom. The Hall–Kier alpha value is -3.15. The largest absolute Gasteiger partial charge is 0.465 e. The van der Waals surface area contributed by atoms with Gasteiger partial charge in [0.05, 0.1) is 12.7 Å². The third-order valence-electron chi connectivity index (χ3n) is 5.58. The van der Waals surface area contributed by atoms with Crippen LogP contribution in [0.3, 0.4) is 0 Å². The van der Waals surface area contributed by atoms with Gasteiger partial charge in [-0.3, -0.25) is 9.59 Å². The van der Waals surface area contributed by atoms with Crippen LogP contribution in [0.5, 0.6) is 0 Å². The zero-order valence-corrected chi connectivity index (χ0v) is 15.7. The van der Waals surface area contributed by atoms with Crippen LogP contribution < -0.4 is 5.32 Å². The van der Waals surface area contributed by atoms with Crippen LogP contribution in [-0.4, -0.2) is 36.3 Å². The van der Waals surface area contributed by atoms with Crippen LogP contribution in [0.15, 0.2) is 48.5 Å². The number of nitrogens with zero attached hydrogens (tertiary/aromatic N) is 1. The molecule has 1 N–H and O–H groups in total. The maximum Gasteiger partial charge on any atom is 0.337 e. The number of anilines is 1. The van der Waals surface area contributed by atoms with E-state index in [4.69, 9.17) is 0 Å².